The molecule has 0 radical (unpaired) electrons. The summed E-state index contributed by atoms with van der Waals surface area (Å²) < 4.78 is 122. The molecule has 206 valence electrons. The Bertz CT molecular complexity index is 1500. The van der Waals surface area contributed by atoms with Crippen molar-refractivity contribution in [2.24, 2.45) is 0 Å². The Balaban J connectivity index is 1.52. The van der Waals surface area contributed by atoms with Crippen LogP contribution in [-0.4, -0.2) is 41.1 Å². The van der Waals surface area contributed by atoms with Gasteiger partial charge in [0.2, 0.25) is 5.95 Å². The van der Waals surface area contributed by atoms with Gasteiger partial charge in [-0.25, -0.2) is 9.97 Å². The molecule has 0 atom stereocenters. The number of pyridine rings is 1. The summed E-state index contributed by atoms with van der Waals surface area (Å²) in [4.78, 5) is 14.0. The van der Waals surface area contributed by atoms with E-state index in [0.29, 0.717) is 6.07 Å². The molecule has 0 amide bonds. The lowest BCUT2D eigenvalue weighted by Crippen LogP contribution is -2.47. The highest BCUT2D eigenvalue weighted by atomic mass is 19.4. The summed E-state index contributed by atoms with van der Waals surface area (Å²) in [6.45, 7) is 0.450. The van der Waals surface area contributed by atoms with E-state index in [0.717, 1.165) is 30.3 Å². The maximum Gasteiger partial charge on any atom is 0.419 e. The van der Waals surface area contributed by atoms with E-state index in [1.165, 1.54) is 23.2 Å². The summed E-state index contributed by atoms with van der Waals surface area (Å²) >= 11 is 0. The van der Waals surface area contributed by atoms with Gasteiger partial charge in [0, 0.05) is 37.9 Å². The van der Waals surface area contributed by atoms with Crippen LogP contribution in [0.2, 0.25) is 0 Å². The molecule has 14 heteroatoms. The third-order valence-corrected chi connectivity index (χ3v) is 6.39. The Hall–Kier alpha value is -3.97. The molecule has 4 aromatic rings. The molecule has 0 saturated carbocycles. The Labute approximate surface area is 214 Å². The van der Waals surface area contributed by atoms with Gasteiger partial charge in [-0.15, -0.1) is 0 Å². The van der Waals surface area contributed by atoms with Crippen LogP contribution < -0.4 is 9.80 Å². The number of anilines is 2. The number of hydrogen-bond acceptors (Lipinski definition) is 4. The molecule has 2 aromatic heterocycles. The summed E-state index contributed by atoms with van der Waals surface area (Å²) in [6.07, 6.45) is -13.0. The average molecular weight is 559 g/mol. The van der Waals surface area contributed by atoms with E-state index in [2.05, 4.69) is 15.0 Å². The van der Waals surface area contributed by atoms with E-state index in [9.17, 15) is 39.5 Å². The van der Waals surface area contributed by atoms with Crippen molar-refractivity contribution in [2.75, 3.05) is 36.0 Å². The van der Waals surface area contributed by atoms with Gasteiger partial charge in [-0.2, -0.15) is 39.5 Å². The Kier molecular flexibility index (Phi) is 6.38. The van der Waals surface area contributed by atoms with Crippen LogP contribution in [-0.2, 0) is 18.5 Å². The Morgan fingerprint density at radius 1 is 0.667 bits per heavy atom. The highest BCUT2D eigenvalue weighted by Gasteiger charge is 2.38. The monoisotopic (exact) mass is 559 g/mol. The molecule has 1 aliphatic heterocycles. The Morgan fingerprint density at radius 2 is 1.28 bits per heavy atom. The van der Waals surface area contributed by atoms with Crippen molar-refractivity contribution >= 4 is 22.8 Å². The van der Waals surface area contributed by atoms with Gasteiger partial charge < -0.3 is 14.8 Å². The van der Waals surface area contributed by atoms with E-state index in [4.69, 9.17) is 0 Å². The second-order valence-corrected chi connectivity index (χ2v) is 8.87. The third-order valence-electron chi connectivity index (χ3n) is 6.39. The molecule has 0 aliphatic carbocycles. The van der Waals surface area contributed by atoms with Gasteiger partial charge in [0.05, 0.1) is 27.7 Å². The van der Waals surface area contributed by atoms with Crippen LogP contribution in [0.15, 0.2) is 54.7 Å². The second kappa shape index (κ2) is 9.35. The first-order valence-corrected chi connectivity index (χ1v) is 11.5. The molecule has 1 fully saturated rings. The van der Waals surface area contributed by atoms with Crippen LogP contribution >= 0.6 is 0 Å². The first-order chi connectivity index (χ1) is 18.2. The number of aromatic amines is 1. The third kappa shape index (κ3) is 5.19. The first kappa shape index (κ1) is 26.6. The predicted octanol–water partition coefficient (Wildman–Crippen LogP) is 7.01. The van der Waals surface area contributed by atoms with Crippen LogP contribution in [0.1, 0.15) is 16.7 Å². The number of H-pyrrole nitrogens is 1. The topological polar surface area (TPSA) is 48.1 Å². The number of aromatic nitrogens is 3. The molecular formula is C25H18F9N5. The van der Waals surface area contributed by atoms with Gasteiger partial charge in [0.25, 0.3) is 0 Å². The maximum atomic E-state index is 13.7. The van der Waals surface area contributed by atoms with E-state index in [1.54, 1.807) is 4.90 Å². The van der Waals surface area contributed by atoms with Gasteiger partial charge in [-0.3, -0.25) is 0 Å². The molecule has 1 N–H and O–H groups in total. The smallest absolute Gasteiger partial charge is 0.353 e. The SMILES string of the molecule is FC(F)(F)c1cc(-c2ccccc2C(F)(F)F)c2nc(N3CCN(c4ncccc4C(F)(F)F)CC3)[nH]c2c1. The van der Waals surface area contributed by atoms with E-state index >= 15 is 0 Å². The number of nitrogens with zero attached hydrogens (tertiary/aromatic N) is 4. The van der Waals surface area contributed by atoms with E-state index < -0.39 is 40.8 Å². The molecule has 2 aromatic carbocycles. The molecule has 0 bridgehead atoms. The number of hydrogen-bond donors (Lipinski definition) is 1. The first-order valence-electron chi connectivity index (χ1n) is 11.5. The van der Waals surface area contributed by atoms with Crippen LogP contribution in [0, 0.1) is 0 Å². The Morgan fingerprint density at radius 3 is 1.92 bits per heavy atom. The number of halogens is 9. The lowest BCUT2D eigenvalue weighted by molar-refractivity contribution is -0.138. The normalized spacial score (nSPS) is 15.3. The molecule has 5 rings (SSSR count). The fourth-order valence-corrected chi connectivity index (χ4v) is 4.59. The van der Waals surface area contributed by atoms with E-state index in [-0.39, 0.29) is 54.5 Å². The molecule has 3 heterocycles. The van der Waals surface area contributed by atoms with Crippen molar-refractivity contribution in [3.05, 3.63) is 71.4 Å². The highest BCUT2D eigenvalue weighted by Crippen LogP contribution is 2.42. The molecule has 1 saturated heterocycles. The number of piperazine rings is 1. The van der Waals surface area contributed by atoms with Crippen LogP contribution in [0.25, 0.3) is 22.2 Å². The zero-order chi connectivity index (χ0) is 28.2. The summed E-state index contributed by atoms with van der Waals surface area (Å²) in [5.41, 5.74) is -4.19. The predicted molar refractivity (Wildman–Crippen MR) is 125 cm³/mol. The van der Waals surface area contributed by atoms with Crippen molar-refractivity contribution < 1.29 is 39.5 Å². The molecule has 0 spiro atoms. The lowest BCUT2D eigenvalue weighted by Gasteiger charge is -2.36. The quantitative estimate of drug-likeness (QED) is 0.275. The van der Waals surface area contributed by atoms with Crippen LogP contribution in [0.4, 0.5) is 51.3 Å². The van der Waals surface area contributed by atoms with Crippen LogP contribution in [0.3, 0.4) is 0 Å². The fourth-order valence-electron chi connectivity index (χ4n) is 4.59. The van der Waals surface area contributed by atoms with Crippen molar-refractivity contribution in [3.8, 4) is 11.1 Å². The van der Waals surface area contributed by atoms with Gasteiger partial charge in [-0.05, 0) is 35.9 Å². The van der Waals surface area contributed by atoms with Gasteiger partial charge in [0.1, 0.15) is 5.82 Å². The molecular weight excluding hydrogens is 541 g/mol. The van der Waals surface area contributed by atoms with Gasteiger partial charge in [-0.1, -0.05) is 18.2 Å². The fraction of sp³-hybridized carbons (Fsp3) is 0.280. The number of imidazole rings is 1. The number of alkyl halides is 9. The van der Waals surface area contributed by atoms with Crippen molar-refractivity contribution in [3.63, 3.8) is 0 Å². The maximum absolute atomic E-state index is 13.7. The highest BCUT2D eigenvalue weighted by molar-refractivity contribution is 5.95. The van der Waals surface area contributed by atoms with Crippen molar-refractivity contribution in [1.82, 2.24) is 15.0 Å². The standard InChI is InChI=1S/C25H18F9N5/c26-23(27,28)14-12-16(15-4-1-2-5-17(15)24(29,30)31)20-19(13-14)36-22(37-20)39-10-8-38(9-11-39)21-18(25(32,33)34)6-3-7-35-21/h1-7,12-13H,8-11H2,(H,36,37). The number of rotatable bonds is 3. The second-order valence-electron chi connectivity index (χ2n) is 8.87. The zero-order valence-corrected chi connectivity index (χ0v) is 19.7. The summed E-state index contributed by atoms with van der Waals surface area (Å²) in [7, 11) is 0. The number of fused-ring (bicyclic) bond motifs is 1. The lowest BCUT2D eigenvalue weighted by atomic mass is 9.96. The minimum Gasteiger partial charge on any atom is -0.353 e. The summed E-state index contributed by atoms with van der Waals surface area (Å²) in [5, 5.41) is 0. The molecule has 0 unspecified atom stereocenters. The van der Waals surface area contributed by atoms with Crippen LogP contribution in [0.5, 0.6) is 0 Å². The van der Waals surface area contributed by atoms with E-state index in [1.807, 2.05) is 0 Å². The van der Waals surface area contributed by atoms with Crippen molar-refractivity contribution in [2.45, 2.75) is 18.5 Å². The minimum atomic E-state index is -4.84. The van der Waals surface area contributed by atoms with Gasteiger partial charge in [0.15, 0.2) is 0 Å². The zero-order valence-electron chi connectivity index (χ0n) is 19.7. The molecule has 5 nitrogen and oxygen atoms in total. The summed E-state index contributed by atoms with van der Waals surface area (Å²) in [5.74, 6) is -0.151. The van der Waals surface area contributed by atoms with Gasteiger partial charge >= 0.3 is 18.5 Å². The average Bonchev–Trinajstić information content (AvgIpc) is 3.31. The molecule has 1 aliphatic rings. The number of nitrogens with one attached hydrogen (secondary N) is 1. The largest absolute Gasteiger partial charge is 0.419 e. The summed E-state index contributed by atoms with van der Waals surface area (Å²) in [6, 6.07) is 7.79. The van der Waals surface area contributed by atoms with Crippen molar-refractivity contribution in [1.29, 1.82) is 0 Å². The minimum absolute atomic E-state index is 0.0896. The number of benzene rings is 2. The molecule has 39 heavy (non-hydrogen) atoms.